The van der Waals surface area contributed by atoms with E-state index in [-0.39, 0.29) is 115 Å². The van der Waals surface area contributed by atoms with Crippen molar-refractivity contribution in [3.8, 4) is 0 Å². The largest absolute Gasteiger partial charge is 6.00 e. The molecule has 7 nitrogen and oxygen atoms in total. The zero-order valence-corrected chi connectivity index (χ0v) is 15.4. The molecular formula is C6H27N7RuY. The molecule has 15 heavy (non-hydrogen) atoms. The third kappa shape index (κ3) is 11200. The van der Waals surface area contributed by atoms with E-state index >= 15 is 0 Å². The second-order valence-electron chi connectivity index (χ2n) is 0. The van der Waals surface area contributed by atoms with E-state index in [1.807, 2.05) is 0 Å². The summed E-state index contributed by atoms with van der Waals surface area (Å²) in [5.41, 5.74) is 0. The van der Waals surface area contributed by atoms with Crippen molar-refractivity contribution in [3.05, 3.63) is 44.6 Å². The van der Waals surface area contributed by atoms with Crippen LogP contribution in [0.2, 0.25) is 0 Å². The quantitative estimate of drug-likeness (QED) is 0.321. The minimum absolute atomic E-state index is 0. The van der Waals surface area contributed by atoms with Gasteiger partial charge in [0.15, 0.2) is 0 Å². The number of rotatable bonds is 0. The fraction of sp³-hybridized carbons (Fsp3) is 0. The summed E-state index contributed by atoms with van der Waals surface area (Å²) in [5.74, 6) is 0. The van der Waals surface area contributed by atoms with Crippen molar-refractivity contribution in [3.63, 3.8) is 0 Å². The summed E-state index contributed by atoms with van der Waals surface area (Å²) in [7, 11) is 0. The van der Waals surface area contributed by atoms with Crippen LogP contribution >= 0.6 is 0 Å². The molecule has 0 aliphatic carbocycles. The first-order valence-electron chi connectivity index (χ1n) is 0.400. The Balaban J connectivity index is -0.000000000280. The fourth-order valence-electron chi connectivity index (χ4n) is 0. The van der Waals surface area contributed by atoms with Crippen LogP contribution in [0.3, 0.4) is 0 Å². The number of hydrogen-bond donors (Lipinski definition) is 3. The van der Waals surface area contributed by atoms with Gasteiger partial charge in [0.05, 0.1) is 0 Å². The van der Waals surface area contributed by atoms with E-state index in [0.717, 1.165) is 0 Å². The Morgan fingerprint density at radius 2 is 0.400 bits per heavy atom. The van der Waals surface area contributed by atoms with Gasteiger partial charge in [0.25, 0.3) is 0 Å². The van der Waals surface area contributed by atoms with Gasteiger partial charge in [0, 0.05) is 54.3 Å². The molecule has 1 radical (unpaired) electrons. The SMILES string of the molecule is N.N.N.N#N.N#N.[CH3-].[CH3-].[CH3-].[CH3-].[CH3-].[CH3-].[Ru+6].[Y]. The topological polar surface area (TPSA) is 200 Å². The molecule has 0 amide bonds. The summed E-state index contributed by atoms with van der Waals surface area (Å²) < 4.78 is 0. The first-order valence-corrected chi connectivity index (χ1v) is 0.400. The van der Waals surface area contributed by atoms with Crippen LogP contribution in [0.5, 0.6) is 0 Å². The minimum Gasteiger partial charge on any atom is -0.358 e. The molecule has 0 atom stereocenters. The molecular weight excluding hydrogens is 360 g/mol. The van der Waals surface area contributed by atoms with Crippen LogP contribution in [0.1, 0.15) is 0 Å². The van der Waals surface area contributed by atoms with Gasteiger partial charge in [-0.05, 0) is 0 Å². The number of hydrogen-bond acceptors (Lipinski definition) is 7. The van der Waals surface area contributed by atoms with Gasteiger partial charge < -0.3 is 63.0 Å². The Kier molecular flexibility index (Phi) is 469000. The Morgan fingerprint density at radius 3 is 0.400 bits per heavy atom. The van der Waals surface area contributed by atoms with Crippen molar-refractivity contribution in [1.82, 2.24) is 18.5 Å². The fourth-order valence-corrected chi connectivity index (χ4v) is 0. The first kappa shape index (κ1) is 538. The monoisotopic (exact) mass is 388 g/mol. The molecule has 0 saturated heterocycles. The van der Waals surface area contributed by atoms with E-state index in [0.29, 0.717) is 0 Å². The van der Waals surface area contributed by atoms with Crippen molar-refractivity contribution in [1.29, 1.82) is 21.6 Å². The van der Waals surface area contributed by atoms with Gasteiger partial charge in [-0.15, -0.1) is 0 Å². The van der Waals surface area contributed by atoms with Gasteiger partial charge in [-0.1, -0.05) is 0 Å². The van der Waals surface area contributed by atoms with Crippen LogP contribution in [-0.4, -0.2) is 0 Å². The van der Waals surface area contributed by atoms with Gasteiger partial charge in [0.1, 0.15) is 0 Å². The Hall–Kier alpha value is 0.447. The average molecular weight is 387 g/mol. The van der Waals surface area contributed by atoms with E-state index in [4.69, 9.17) is 21.6 Å². The van der Waals surface area contributed by atoms with E-state index in [1.165, 1.54) is 0 Å². The second-order valence-corrected chi connectivity index (χ2v) is 0. The van der Waals surface area contributed by atoms with Gasteiger partial charge >= 0.3 is 19.5 Å². The molecule has 9 heteroatoms. The normalized spacial score (nSPS) is 0.267. The zero-order chi connectivity index (χ0) is 4.00. The molecule has 0 unspecified atom stereocenters. The molecule has 0 aromatic heterocycles. The van der Waals surface area contributed by atoms with Crippen LogP contribution in [0, 0.1) is 66.1 Å². The Bertz CT molecular complexity index is 39.0. The van der Waals surface area contributed by atoms with Gasteiger partial charge in [-0.25, -0.2) is 0 Å². The summed E-state index contributed by atoms with van der Waals surface area (Å²) in [6, 6.07) is 0. The number of nitrogens with zero attached hydrogens (tertiary/aromatic N) is 4. The maximum absolute atomic E-state index is 6.00. The van der Waals surface area contributed by atoms with Crippen molar-refractivity contribution in [2.75, 3.05) is 0 Å². The third-order valence-electron chi connectivity index (χ3n) is 0. The maximum Gasteiger partial charge on any atom is 6.00 e. The molecule has 9 N–H and O–H groups in total. The second kappa shape index (κ2) is 13100. The van der Waals surface area contributed by atoms with E-state index in [9.17, 15) is 0 Å². The van der Waals surface area contributed by atoms with Crippen molar-refractivity contribution < 1.29 is 52.2 Å². The molecule has 0 aliphatic heterocycles. The predicted molar refractivity (Wildman–Crippen MR) is 60.5 cm³/mol. The van der Waals surface area contributed by atoms with Crippen molar-refractivity contribution in [2.24, 2.45) is 0 Å². The molecule has 0 heterocycles. The molecule has 0 aromatic rings. The summed E-state index contributed by atoms with van der Waals surface area (Å²) >= 11 is 0. The van der Waals surface area contributed by atoms with Gasteiger partial charge in [-0.3, -0.25) is 0 Å². The van der Waals surface area contributed by atoms with Gasteiger partial charge in [-0.2, -0.15) is 0 Å². The summed E-state index contributed by atoms with van der Waals surface area (Å²) in [5, 5.41) is 24.0. The third-order valence-corrected chi connectivity index (χ3v) is 0. The molecule has 0 rings (SSSR count). The maximum atomic E-state index is 6.00. The molecule has 0 aliphatic rings. The minimum atomic E-state index is 0. The van der Waals surface area contributed by atoms with Crippen LogP contribution in [0.25, 0.3) is 0 Å². The van der Waals surface area contributed by atoms with E-state index < -0.39 is 0 Å². The first-order chi connectivity index (χ1) is 2.00. The Labute approximate surface area is 136 Å². The summed E-state index contributed by atoms with van der Waals surface area (Å²) in [6.07, 6.45) is 0. The van der Waals surface area contributed by atoms with Crippen LogP contribution in [0.4, 0.5) is 0 Å². The summed E-state index contributed by atoms with van der Waals surface area (Å²) in [6.45, 7) is 0. The molecule has 97 valence electrons. The van der Waals surface area contributed by atoms with Crippen molar-refractivity contribution in [2.45, 2.75) is 0 Å². The van der Waals surface area contributed by atoms with Crippen molar-refractivity contribution >= 4 is 0 Å². The zero-order valence-electron chi connectivity index (χ0n) is 10.8. The predicted octanol–water partition coefficient (Wildman–Crippen LogP) is 3.24. The van der Waals surface area contributed by atoms with Crippen LogP contribution in [0.15, 0.2) is 0 Å². The summed E-state index contributed by atoms with van der Waals surface area (Å²) in [4.78, 5) is 0. The average Bonchev–Trinajstić information content (AvgIpc) is 1.50. The smallest absolute Gasteiger partial charge is 0.358 e. The molecule has 0 aromatic carbocycles. The molecule has 0 spiro atoms. The van der Waals surface area contributed by atoms with Crippen LogP contribution in [-0.2, 0) is 52.2 Å². The van der Waals surface area contributed by atoms with Gasteiger partial charge in [0.2, 0.25) is 0 Å². The van der Waals surface area contributed by atoms with Crippen LogP contribution < -0.4 is 18.5 Å². The van der Waals surface area contributed by atoms with E-state index in [1.54, 1.807) is 0 Å². The van der Waals surface area contributed by atoms with E-state index in [2.05, 4.69) is 0 Å². The molecule has 0 saturated carbocycles. The molecule has 0 bridgehead atoms. The molecule has 0 fully saturated rings. The Morgan fingerprint density at radius 1 is 0.400 bits per heavy atom. The standard InChI is InChI=1S/6CH3.2N2.3H3N.Ru.Y/c;;;;;;2*1-2;;;;;/h6*1H3;;;3*1H3;;/q6*-1;;;;;;+6;.